The highest BCUT2D eigenvalue weighted by Gasteiger charge is 2.24. The molecule has 2 aromatic rings. The van der Waals surface area contributed by atoms with Crippen LogP contribution in [0.3, 0.4) is 0 Å². The highest BCUT2D eigenvalue weighted by atomic mass is 79.9. The van der Waals surface area contributed by atoms with Crippen molar-refractivity contribution in [1.29, 1.82) is 0 Å². The fourth-order valence-corrected chi connectivity index (χ4v) is 4.31. The van der Waals surface area contributed by atoms with Gasteiger partial charge in [0.2, 0.25) is 10.0 Å². The maximum absolute atomic E-state index is 13.7. The number of benzene rings is 1. The van der Waals surface area contributed by atoms with Gasteiger partial charge in [0.15, 0.2) is 0 Å². The van der Waals surface area contributed by atoms with Crippen molar-refractivity contribution in [2.45, 2.75) is 24.3 Å². The van der Waals surface area contributed by atoms with Crippen LogP contribution in [0.2, 0.25) is 0 Å². The van der Waals surface area contributed by atoms with Gasteiger partial charge in [0.1, 0.15) is 16.5 Å². The molecule has 118 valence electrons. The van der Waals surface area contributed by atoms with Gasteiger partial charge in [-0.1, -0.05) is 15.9 Å². The smallest absolute Gasteiger partial charge is 0.243 e. The van der Waals surface area contributed by atoms with Crippen LogP contribution in [0.25, 0.3) is 0 Å². The van der Waals surface area contributed by atoms with Gasteiger partial charge < -0.3 is 4.57 Å². The molecule has 0 saturated carbocycles. The monoisotopic (exact) mass is 387 g/mol. The third-order valence-corrected chi connectivity index (χ3v) is 5.73. The van der Waals surface area contributed by atoms with Gasteiger partial charge in [-0.15, -0.1) is 0 Å². The summed E-state index contributed by atoms with van der Waals surface area (Å²) in [7, 11) is -3.86. The minimum atomic E-state index is -3.86. The Morgan fingerprint density at radius 1 is 1.45 bits per heavy atom. The van der Waals surface area contributed by atoms with Gasteiger partial charge in [-0.2, -0.15) is 0 Å². The number of halogens is 2. The standard InChI is InChI=1S/C14H15BrFN3O2S/c15-11-1-2-12(16)13(8-11)22(20,21)18-9-10-3-5-19-6-4-17-14(19)7-10/h1-2,4,6,8,10,18H,3,5,7,9H2/t10-/m1/s1. The summed E-state index contributed by atoms with van der Waals surface area (Å²) < 4.78 is 43.3. The molecule has 22 heavy (non-hydrogen) atoms. The topological polar surface area (TPSA) is 64.0 Å². The van der Waals surface area contributed by atoms with Crippen molar-refractivity contribution in [2.75, 3.05) is 6.54 Å². The zero-order chi connectivity index (χ0) is 15.7. The lowest BCUT2D eigenvalue weighted by molar-refractivity contribution is 0.379. The molecule has 1 aliphatic heterocycles. The van der Waals surface area contributed by atoms with Crippen LogP contribution >= 0.6 is 15.9 Å². The number of aryl methyl sites for hydroxylation is 1. The lowest BCUT2D eigenvalue weighted by Crippen LogP contribution is -2.33. The SMILES string of the molecule is O=S(=O)(NC[C@@H]1CCn2ccnc2C1)c1cc(Br)ccc1F. The number of hydrogen-bond donors (Lipinski definition) is 1. The van der Waals surface area contributed by atoms with E-state index < -0.39 is 15.8 Å². The molecular weight excluding hydrogens is 373 g/mol. The van der Waals surface area contributed by atoms with Crippen molar-refractivity contribution >= 4 is 26.0 Å². The number of rotatable bonds is 4. The lowest BCUT2D eigenvalue weighted by Gasteiger charge is -2.23. The Labute approximate surface area is 136 Å². The Hall–Kier alpha value is -1.25. The fourth-order valence-electron chi connectivity index (χ4n) is 2.58. The molecule has 0 unspecified atom stereocenters. The van der Waals surface area contributed by atoms with Crippen LogP contribution in [0.4, 0.5) is 4.39 Å². The summed E-state index contributed by atoms with van der Waals surface area (Å²) >= 11 is 3.16. The van der Waals surface area contributed by atoms with E-state index in [1.807, 2.05) is 6.20 Å². The van der Waals surface area contributed by atoms with Crippen LogP contribution in [0.1, 0.15) is 12.2 Å². The van der Waals surface area contributed by atoms with Gasteiger partial charge in [0.05, 0.1) is 0 Å². The van der Waals surface area contributed by atoms with Crippen molar-refractivity contribution in [3.8, 4) is 0 Å². The molecule has 1 aliphatic rings. The van der Waals surface area contributed by atoms with E-state index in [4.69, 9.17) is 0 Å². The molecule has 1 atom stereocenters. The van der Waals surface area contributed by atoms with Crippen LogP contribution in [-0.4, -0.2) is 24.5 Å². The summed E-state index contributed by atoms with van der Waals surface area (Å²) in [5.74, 6) is 0.374. The number of nitrogens with zero attached hydrogens (tertiary/aromatic N) is 2. The van der Waals surface area contributed by atoms with Gasteiger partial charge in [0, 0.05) is 36.4 Å². The maximum Gasteiger partial charge on any atom is 0.243 e. The summed E-state index contributed by atoms with van der Waals surface area (Å²) in [5.41, 5.74) is 0. The average Bonchev–Trinajstić information content (AvgIpc) is 2.95. The Morgan fingerprint density at radius 2 is 2.27 bits per heavy atom. The van der Waals surface area contributed by atoms with Crippen LogP contribution in [0.5, 0.6) is 0 Å². The molecule has 0 aliphatic carbocycles. The molecule has 1 aromatic carbocycles. The predicted molar refractivity (Wildman–Crippen MR) is 83.3 cm³/mol. The summed E-state index contributed by atoms with van der Waals surface area (Å²) in [6.07, 6.45) is 5.26. The Balaban J connectivity index is 1.69. The number of hydrogen-bond acceptors (Lipinski definition) is 3. The zero-order valence-corrected chi connectivity index (χ0v) is 14.1. The number of fused-ring (bicyclic) bond motifs is 1. The summed E-state index contributed by atoms with van der Waals surface area (Å²) in [4.78, 5) is 3.92. The Morgan fingerprint density at radius 3 is 3.09 bits per heavy atom. The van der Waals surface area contributed by atoms with Gasteiger partial charge in [-0.05, 0) is 30.5 Å². The molecule has 0 radical (unpaired) electrons. The van der Waals surface area contributed by atoms with Gasteiger partial charge in [0.25, 0.3) is 0 Å². The van der Waals surface area contributed by atoms with Crippen molar-refractivity contribution in [3.05, 3.63) is 46.7 Å². The van der Waals surface area contributed by atoms with Crippen LogP contribution in [0, 0.1) is 11.7 Å². The molecular formula is C14H15BrFN3O2S. The van der Waals surface area contributed by atoms with E-state index >= 15 is 0 Å². The van der Waals surface area contributed by atoms with E-state index in [2.05, 4.69) is 30.2 Å². The second kappa shape index (κ2) is 6.10. The summed E-state index contributed by atoms with van der Waals surface area (Å²) in [6, 6.07) is 3.87. The predicted octanol–water partition coefficient (Wildman–Crippen LogP) is 2.33. The third kappa shape index (κ3) is 3.23. The maximum atomic E-state index is 13.7. The zero-order valence-electron chi connectivity index (χ0n) is 11.7. The highest BCUT2D eigenvalue weighted by Crippen LogP contribution is 2.22. The first-order chi connectivity index (χ1) is 10.5. The van der Waals surface area contributed by atoms with E-state index in [9.17, 15) is 12.8 Å². The first-order valence-corrected chi connectivity index (χ1v) is 9.18. The van der Waals surface area contributed by atoms with Gasteiger partial charge in [-0.3, -0.25) is 0 Å². The van der Waals surface area contributed by atoms with E-state index in [0.29, 0.717) is 4.47 Å². The number of imidazole rings is 1. The second-order valence-electron chi connectivity index (χ2n) is 5.32. The number of nitrogens with one attached hydrogen (secondary N) is 1. The molecule has 3 rings (SSSR count). The van der Waals surface area contributed by atoms with Gasteiger partial charge >= 0.3 is 0 Å². The van der Waals surface area contributed by atoms with Crippen molar-refractivity contribution in [3.63, 3.8) is 0 Å². The average molecular weight is 388 g/mol. The summed E-state index contributed by atoms with van der Waals surface area (Å²) in [5, 5.41) is 0. The second-order valence-corrected chi connectivity index (χ2v) is 7.97. The van der Waals surface area contributed by atoms with E-state index in [1.54, 1.807) is 6.20 Å². The molecule has 5 nitrogen and oxygen atoms in total. The van der Waals surface area contributed by atoms with Crippen molar-refractivity contribution < 1.29 is 12.8 Å². The van der Waals surface area contributed by atoms with Crippen molar-refractivity contribution in [1.82, 2.24) is 14.3 Å². The normalized spacial score (nSPS) is 18.2. The fraction of sp³-hybridized carbons (Fsp3) is 0.357. The first-order valence-electron chi connectivity index (χ1n) is 6.90. The Bertz CT molecular complexity index is 791. The third-order valence-electron chi connectivity index (χ3n) is 3.80. The van der Waals surface area contributed by atoms with Gasteiger partial charge in [-0.25, -0.2) is 22.5 Å². The van der Waals surface area contributed by atoms with Crippen molar-refractivity contribution in [2.24, 2.45) is 5.92 Å². The van der Waals surface area contributed by atoms with E-state index in [0.717, 1.165) is 31.3 Å². The molecule has 1 N–H and O–H groups in total. The van der Waals surface area contributed by atoms with Crippen LogP contribution in [0.15, 0.2) is 40.0 Å². The molecule has 0 amide bonds. The minimum absolute atomic E-state index is 0.167. The molecule has 0 saturated heterocycles. The number of sulfonamides is 1. The highest BCUT2D eigenvalue weighted by molar-refractivity contribution is 9.10. The number of aromatic nitrogens is 2. The molecule has 1 aromatic heterocycles. The molecule has 0 spiro atoms. The first kappa shape index (κ1) is 15.6. The van der Waals surface area contributed by atoms with Crippen LogP contribution in [-0.2, 0) is 23.0 Å². The van der Waals surface area contributed by atoms with E-state index in [1.165, 1.54) is 12.1 Å². The summed E-state index contributed by atoms with van der Waals surface area (Å²) in [6.45, 7) is 1.11. The largest absolute Gasteiger partial charge is 0.335 e. The minimum Gasteiger partial charge on any atom is -0.335 e. The Kier molecular flexibility index (Phi) is 4.33. The van der Waals surface area contributed by atoms with E-state index in [-0.39, 0.29) is 17.4 Å². The molecule has 8 heteroatoms. The molecule has 0 bridgehead atoms. The molecule has 2 heterocycles. The van der Waals surface area contributed by atoms with Crippen LogP contribution < -0.4 is 4.72 Å². The molecule has 0 fully saturated rings. The lowest BCUT2D eigenvalue weighted by atomic mass is 9.98. The quantitative estimate of drug-likeness (QED) is 0.875.